The first kappa shape index (κ1) is 33.1. The molecule has 5 heteroatoms. The van der Waals surface area contributed by atoms with E-state index in [1.54, 1.807) is 0 Å². The number of aliphatic hydroxyl groups excluding tert-OH is 2. The van der Waals surface area contributed by atoms with Crippen LogP contribution in [0.5, 0.6) is 0 Å². The second-order valence-electron chi connectivity index (χ2n) is 8.34. The molecule has 0 unspecified atom stereocenters. The topological polar surface area (TPSA) is 65.8 Å². The molecule has 0 saturated heterocycles. The van der Waals surface area contributed by atoms with Gasteiger partial charge in [0.25, 0.3) is 0 Å². The van der Waals surface area contributed by atoms with Crippen LogP contribution in [-0.2, 0) is 33.3 Å². The first-order chi connectivity index (χ1) is 16.7. The van der Waals surface area contributed by atoms with Gasteiger partial charge in [0.2, 0.25) is 11.4 Å². The van der Waals surface area contributed by atoms with Gasteiger partial charge in [-0.05, 0) is 61.1 Å². The van der Waals surface area contributed by atoms with E-state index in [0.717, 1.165) is 56.0 Å². The van der Waals surface area contributed by atoms with Gasteiger partial charge in [0.05, 0.1) is 0 Å². The molecular formula is C30H44N2O2Pd. The first-order valence-electron chi connectivity index (χ1n) is 12.7. The zero-order valence-electron chi connectivity index (χ0n) is 22.2. The molecule has 196 valence electrons. The summed E-state index contributed by atoms with van der Waals surface area (Å²) in [5.74, 6) is 0. The second-order valence-corrected chi connectivity index (χ2v) is 8.34. The molecule has 0 amide bonds. The van der Waals surface area contributed by atoms with Crippen LogP contribution in [0.1, 0.15) is 88.0 Å². The molecule has 0 saturated carbocycles. The zero-order chi connectivity index (χ0) is 25.3. The number of aryl methyl sites for hydroxylation is 2. The average Bonchev–Trinajstić information content (AvgIpc) is 3.24. The largest absolute Gasteiger partial charge is 0.493 e. The number of hydrogen-bond donors (Lipinski definition) is 2. The molecule has 3 rings (SSSR count). The summed E-state index contributed by atoms with van der Waals surface area (Å²) < 4.78 is 1.43. The van der Waals surface area contributed by atoms with Crippen molar-refractivity contribution in [2.75, 3.05) is 14.2 Å². The fourth-order valence-electron chi connectivity index (χ4n) is 4.24. The molecule has 1 aliphatic heterocycles. The van der Waals surface area contributed by atoms with E-state index >= 15 is 0 Å². The Morgan fingerprint density at radius 3 is 1.80 bits per heavy atom. The third-order valence-electron chi connectivity index (χ3n) is 6.09. The van der Waals surface area contributed by atoms with Gasteiger partial charge in [-0.15, -0.1) is 0 Å². The number of allylic oxidation sites excluding steroid dienone is 2. The van der Waals surface area contributed by atoms with Crippen molar-refractivity contribution < 1.29 is 35.3 Å². The summed E-state index contributed by atoms with van der Waals surface area (Å²) in [6.45, 7) is 6.61. The van der Waals surface area contributed by atoms with Gasteiger partial charge >= 0.3 is 0 Å². The Hall–Kier alpha value is -1.90. The zero-order valence-corrected chi connectivity index (χ0v) is 23.7. The van der Waals surface area contributed by atoms with Crippen LogP contribution in [0, 0.1) is 0 Å². The molecule has 2 aromatic rings. The van der Waals surface area contributed by atoms with E-state index in [1.807, 2.05) is 0 Å². The SMILES string of the molecule is CCCCCCCCC1=C(c2cccc(CC)c2)[N+](=[N-])C(c2cccc(CC)c2)=C1.CO.CO.[Pd]. The first-order valence-corrected chi connectivity index (χ1v) is 12.7. The molecule has 0 atom stereocenters. The summed E-state index contributed by atoms with van der Waals surface area (Å²) >= 11 is 0. The maximum Gasteiger partial charge on any atom is 0.210 e. The summed E-state index contributed by atoms with van der Waals surface area (Å²) in [6, 6.07) is 17.1. The number of benzene rings is 2. The van der Waals surface area contributed by atoms with Crippen LogP contribution in [0.4, 0.5) is 0 Å². The second kappa shape index (κ2) is 19.3. The van der Waals surface area contributed by atoms with Crippen molar-refractivity contribution in [2.24, 2.45) is 0 Å². The van der Waals surface area contributed by atoms with Gasteiger partial charge in [0.1, 0.15) is 0 Å². The van der Waals surface area contributed by atoms with Crippen molar-refractivity contribution >= 4 is 11.4 Å². The van der Waals surface area contributed by atoms with Crippen LogP contribution in [0.15, 0.2) is 60.2 Å². The molecule has 35 heavy (non-hydrogen) atoms. The summed E-state index contributed by atoms with van der Waals surface area (Å²) in [7, 11) is 2.00. The van der Waals surface area contributed by atoms with Gasteiger partial charge in [-0.25, -0.2) is 4.70 Å². The van der Waals surface area contributed by atoms with E-state index in [1.165, 1.54) is 59.9 Å². The predicted octanol–water partition coefficient (Wildman–Crippen LogP) is 7.58. The Morgan fingerprint density at radius 2 is 1.23 bits per heavy atom. The Bertz CT molecular complexity index is 951. The van der Waals surface area contributed by atoms with Gasteiger partial charge < -0.3 is 15.7 Å². The van der Waals surface area contributed by atoms with Crippen LogP contribution in [0.3, 0.4) is 0 Å². The van der Waals surface area contributed by atoms with Crippen molar-refractivity contribution in [3.8, 4) is 0 Å². The van der Waals surface area contributed by atoms with Gasteiger partial charge in [0, 0.05) is 57.4 Å². The maximum atomic E-state index is 11.2. The summed E-state index contributed by atoms with van der Waals surface area (Å²) in [5.41, 5.74) is 19.1. The Labute approximate surface area is 226 Å². The van der Waals surface area contributed by atoms with E-state index in [9.17, 15) is 5.53 Å². The van der Waals surface area contributed by atoms with E-state index in [0.29, 0.717) is 0 Å². The van der Waals surface area contributed by atoms with E-state index in [4.69, 9.17) is 10.2 Å². The van der Waals surface area contributed by atoms with Crippen molar-refractivity contribution in [1.82, 2.24) is 0 Å². The Kier molecular flexibility index (Phi) is 18.3. The van der Waals surface area contributed by atoms with Crippen LogP contribution < -0.4 is 0 Å². The number of unbranched alkanes of at least 4 members (excludes halogenated alkanes) is 5. The van der Waals surface area contributed by atoms with Crippen LogP contribution >= 0.6 is 0 Å². The third kappa shape index (κ3) is 9.94. The molecule has 2 aromatic carbocycles. The molecule has 0 aliphatic carbocycles. The quantitative estimate of drug-likeness (QED) is 0.166. The monoisotopic (exact) mass is 570 g/mol. The molecule has 1 aliphatic rings. The molecule has 0 radical (unpaired) electrons. The van der Waals surface area contributed by atoms with E-state index in [-0.39, 0.29) is 20.4 Å². The van der Waals surface area contributed by atoms with Crippen molar-refractivity contribution in [1.29, 1.82) is 0 Å². The molecular weight excluding hydrogens is 527 g/mol. The number of aliphatic hydroxyl groups is 2. The predicted molar refractivity (Wildman–Crippen MR) is 144 cm³/mol. The van der Waals surface area contributed by atoms with Crippen molar-refractivity contribution in [2.45, 2.75) is 78.6 Å². The van der Waals surface area contributed by atoms with Crippen molar-refractivity contribution in [3.63, 3.8) is 0 Å². The fourth-order valence-corrected chi connectivity index (χ4v) is 4.24. The Balaban J connectivity index is 0.00000220. The van der Waals surface area contributed by atoms with Gasteiger partial charge in [-0.2, -0.15) is 0 Å². The van der Waals surface area contributed by atoms with Gasteiger partial charge in [-0.3, -0.25) is 0 Å². The fraction of sp³-hybridized carbons (Fsp3) is 0.467. The minimum Gasteiger partial charge on any atom is -0.493 e. The number of hydrogen-bond acceptors (Lipinski definition) is 2. The summed E-state index contributed by atoms with van der Waals surface area (Å²) in [4.78, 5) is 0. The minimum absolute atomic E-state index is 0. The van der Waals surface area contributed by atoms with Gasteiger partial charge in [-0.1, -0.05) is 77.1 Å². The van der Waals surface area contributed by atoms with E-state index < -0.39 is 0 Å². The average molecular weight is 571 g/mol. The standard InChI is InChI=1S/C28H36N2.2CH4O.Pd/c1-4-7-8-9-10-11-16-26-21-27(24-17-12-14-22(5-2)19-24)30(29)28(26)25-18-13-15-23(6-3)20-25;2*1-2;/h12-15,17-21H,4-11,16H2,1-3H3;2*2H,1H3;. The number of nitrogens with zero attached hydrogens (tertiary/aromatic N) is 2. The molecule has 0 bridgehead atoms. The maximum absolute atomic E-state index is 11.2. The van der Waals surface area contributed by atoms with E-state index in [2.05, 4.69) is 75.4 Å². The molecule has 1 heterocycles. The molecule has 0 aromatic heterocycles. The number of rotatable bonds is 11. The molecule has 0 spiro atoms. The van der Waals surface area contributed by atoms with Gasteiger partial charge in [0.15, 0.2) is 0 Å². The third-order valence-corrected chi connectivity index (χ3v) is 6.09. The normalized spacial score (nSPS) is 12.2. The van der Waals surface area contributed by atoms with Crippen molar-refractivity contribution in [3.05, 3.63) is 88.0 Å². The molecule has 4 nitrogen and oxygen atoms in total. The molecule has 2 N–H and O–H groups in total. The van der Waals surface area contributed by atoms with Crippen LogP contribution in [-0.4, -0.2) is 29.1 Å². The minimum atomic E-state index is 0. The van der Waals surface area contributed by atoms with Crippen LogP contribution in [0.25, 0.3) is 16.9 Å². The Morgan fingerprint density at radius 1 is 0.714 bits per heavy atom. The van der Waals surface area contributed by atoms with Crippen LogP contribution in [0.2, 0.25) is 0 Å². The summed E-state index contributed by atoms with van der Waals surface area (Å²) in [5, 5.41) is 14.0. The smallest absolute Gasteiger partial charge is 0.210 e. The summed E-state index contributed by atoms with van der Waals surface area (Å²) in [6.07, 6.45) is 12.9. The molecule has 0 fully saturated rings.